The van der Waals surface area contributed by atoms with Crippen molar-refractivity contribution in [2.75, 3.05) is 0 Å². The minimum absolute atomic E-state index is 1.13. The van der Waals surface area contributed by atoms with Gasteiger partial charge < -0.3 is 0 Å². The predicted molar refractivity (Wildman–Crippen MR) is 119 cm³/mol. The van der Waals surface area contributed by atoms with Gasteiger partial charge in [0.25, 0.3) is 0 Å². The van der Waals surface area contributed by atoms with E-state index in [2.05, 4.69) is 82.7 Å². The zero-order chi connectivity index (χ0) is 17.5. The Labute approximate surface area is 166 Å². The van der Waals surface area contributed by atoms with E-state index in [-0.39, 0.29) is 0 Å². The van der Waals surface area contributed by atoms with Gasteiger partial charge in [-0.2, -0.15) is 0 Å². The first kappa shape index (κ1) is 16.3. The van der Waals surface area contributed by atoms with Crippen LogP contribution in [0.25, 0.3) is 25.7 Å². The molecule has 0 amide bonds. The highest BCUT2D eigenvalue weighted by Gasteiger charge is 2.16. The Kier molecular flexibility index (Phi) is 4.18. The molecule has 0 N–H and O–H groups in total. The highest BCUT2D eigenvalue weighted by atomic mass is 79.9. The lowest BCUT2D eigenvalue weighted by Crippen LogP contribution is -1.99. The summed E-state index contributed by atoms with van der Waals surface area (Å²) in [5.74, 6) is 0. The highest BCUT2D eigenvalue weighted by Crippen LogP contribution is 2.41. The molecule has 0 fully saturated rings. The van der Waals surface area contributed by atoms with Crippen molar-refractivity contribution < 1.29 is 0 Å². The lowest BCUT2D eigenvalue weighted by Gasteiger charge is -2.19. The van der Waals surface area contributed by atoms with E-state index in [1.807, 2.05) is 11.3 Å². The van der Waals surface area contributed by atoms with Crippen molar-refractivity contribution in [1.29, 1.82) is 0 Å². The Bertz CT molecular complexity index is 1140. The first-order valence-corrected chi connectivity index (χ1v) is 10.8. The van der Waals surface area contributed by atoms with Crippen molar-refractivity contribution in [2.24, 2.45) is 0 Å². The Morgan fingerprint density at radius 2 is 1.35 bits per heavy atom. The molecule has 0 radical (unpaired) electrons. The Hall–Kier alpha value is -1.90. The topological polar surface area (TPSA) is 0 Å². The van der Waals surface area contributed by atoms with Crippen LogP contribution in [-0.2, 0) is 0 Å². The van der Waals surface area contributed by atoms with E-state index in [1.165, 1.54) is 46.9 Å². The molecule has 0 spiro atoms. The van der Waals surface area contributed by atoms with Crippen molar-refractivity contribution in [3.63, 3.8) is 0 Å². The molecule has 2 aromatic carbocycles. The molecular formula is C24H19BrS. The fourth-order valence-corrected chi connectivity index (χ4v) is 5.59. The summed E-state index contributed by atoms with van der Waals surface area (Å²) >= 11 is 5.53. The molecule has 0 atom stereocenters. The Morgan fingerprint density at radius 3 is 2.12 bits per heavy atom. The zero-order valence-electron chi connectivity index (χ0n) is 14.5. The third-order valence-electron chi connectivity index (χ3n) is 5.41. The molecule has 0 nitrogen and oxygen atoms in total. The third kappa shape index (κ3) is 2.82. The van der Waals surface area contributed by atoms with Crippen molar-refractivity contribution in [2.45, 2.75) is 25.7 Å². The molecule has 5 rings (SSSR count). The molecule has 1 aromatic heterocycles. The van der Waals surface area contributed by atoms with Crippen LogP contribution in [0.3, 0.4) is 0 Å². The van der Waals surface area contributed by atoms with Crippen molar-refractivity contribution >= 4 is 53.0 Å². The van der Waals surface area contributed by atoms with E-state index in [9.17, 15) is 0 Å². The average Bonchev–Trinajstić information content (AvgIpc) is 3.08. The van der Waals surface area contributed by atoms with E-state index >= 15 is 0 Å². The number of thiophene rings is 1. The summed E-state index contributed by atoms with van der Waals surface area (Å²) in [6.07, 6.45) is 13.7. The smallest absolute Gasteiger partial charge is 0.0430 e. The maximum absolute atomic E-state index is 3.60. The number of hydrogen-bond acceptors (Lipinski definition) is 1. The summed E-state index contributed by atoms with van der Waals surface area (Å²) in [6.45, 7) is 0. The van der Waals surface area contributed by atoms with Crippen LogP contribution in [0.15, 0.2) is 82.4 Å². The maximum Gasteiger partial charge on any atom is 0.0430 e. The van der Waals surface area contributed by atoms with Crippen LogP contribution in [-0.4, -0.2) is 0 Å². The quantitative estimate of drug-likeness (QED) is 0.393. The van der Waals surface area contributed by atoms with Crippen LogP contribution in [0.4, 0.5) is 0 Å². The van der Waals surface area contributed by atoms with Gasteiger partial charge in [0, 0.05) is 20.2 Å². The summed E-state index contributed by atoms with van der Waals surface area (Å²) in [6, 6.07) is 15.5. The van der Waals surface area contributed by atoms with Gasteiger partial charge in [0.15, 0.2) is 0 Å². The molecule has 0 unspecified atom stereocenters. The summed E-state index contributed by atoms with van der Waals surface area (Å²) in [7, 11) is 0. The first-order chi connectivity index (χ1) is 12.8. The van der Waals surface area contributed by atoms with Gasteiger partial charge >= 0.3 is 0 Å². The van der Waals surface area contributed by atoms with E-state index < -0.39 is 0 Å². The summed E-state index contributed by atoms with van der Waals surface area (Å²) in [5, 5.41) is 2.77. The van der Waals surface area contributed by atoms with Crippen molar-refractivity contribution in [3.05, 3.63) is 88.0 Å². The monoisotopic (exact) mass is 418 g/mol. The fourth-order valence-electron chi connectivity index (χ4n) is 4.01. The average molecular weight is 419 g/mol. The van der Waals surface area contributed by atoms with Gasteiger partial charge in [-0.05, 0) is 58.5 Å². The number of fused-ring (bicyclic) bond motifs is 3. The maximum atomic E-state index is 3.60. The van der Waals surface area contributed by atoms with Gasteiger partial charge in [0.1, 0.15) is 0 Å². The molecule has 0 bridgehead atoms. The molecule has 3 aromatic rings. The van der Waals surface area contributed by atoms with Gasteiger partial charge in [0.05, 0.1) is 0 Å². The normalized spacial score (nSPS) is 17.7. The van der Waals surface area contributed by atoms with Crippen LogP contribution in [0.5, 0.6) is 0 Å². The van der Waals surface area contributed by atoms with Crippen LogP contribution >= 0.6 is 27.3 Å². The molecule has 128 valence electrons. The second-order valence-corrected chi connectivity index (χ2v) is 9.04. The number of benzene rings is 2. The Morgan fingerprint density at radius 1 is 0.654 bits per heavy atom. The van der Waals surface area contributed by atoms with Gasteiger partial charge in [0.2, 0.25) is 0 Å². The number of hydrogen-bond donors (Lipinski definition) is 0. The minimum Gasteiger partial charge on any atom is -0.135 e. The van der Waals surface area contributed by atoms with E-state index in [0.717, 1.165) is 25.7 Å². The molecule has 2 aliphatic rings. The van der Waals surface area contributed by atoms with Gasteiger partial charge in [-0.1, -0.05) is 76.6 Å². The lowest BCUT2D eigenvalue weighted by atomic mass is 9.87. The lowest BCUT2D eigenvalue weighted by molar-refractivity contribution is 0.901. The van der Waals surface area contributed by atoms with Crippen molar-refractivity contribution in [1.82, 2.24) is 0 Å². The van der Waals surface area contributed by atoms with Crippen LogP contribution in [0.1, 0.15) is 31.2 Å². The van der Waals surface area contributed by atoms with E-state index in [4.69, 9.17) is 0 Å². The predicted octanol–water partition coefficient (Wildman–Crippen LogP) is 8.16. The van der Waals surface area contributed by atoms with Gasteiger partial charge in [-0.25, -0.2) is 0 Å². The first-order valence-electron chi connectivity index (χ1n) is 9.15. The number of halogens is 1. The van der Waals surface area contributed by atoms with Crippen LogP contribution in [0, 0.1) is 0 Å². The largest absolute Gasteiger partial charge is 0.135 e. The summed E-state index contributed by atoms with van der Waals surface area (Å²) in [5.41, 5.74) is 5.90. The molecule has 2 aliphatic carbocycles. The summed E-state index contributed by atoms with van der Waals surface area (Å²) < 4.78 is 4.12. The fraction of sp³-hybridized carbons (Fsp3) is 0.167. The molecule has 2 heteroatoms. The second kappa shape index (κ2) is 6.68. The van der Waals surface area contributed by atoms with Gasteiger partial charge in [-0.15, -0.1) is 11.3 Å². The second-order valence-electron chi connectivity index (χ2n) is 6.97. The SMILES string of the molecule is BrC1=CC=C(C2=CC=C(c3cccc4c3sc3ccccc34)CC2)CC1. The van der Waals surface area contributed by atoms with E-state index in [0.29, 0.717) is 0 Å². The van der Waals surface area contributed by atoms with Crippen LogP contribution < -0.4 is 0 Å². The molecule has 1 heterocycles. The molecule has 26 heavy (non-hydrogen) atoms. The number of rotatable bonds is 2. The molecule has 0 saturated carbocycles. The Balaban J connectivity index is 1.57. The zero-order valence-corrected chi connectivity index (χ0v) is 16.9. The minimum atomic E-state index is 1.13. The van der Waals surface area contributed by atoms with Gasteiger partial charge in [-0.3, -0.25) is 0 Å². The molecular weight excluding hydrogens is 400 g/mol. The number of allylic oxidation sites excluding steroid dienone is 8. The third-order valence-corrected chi connectivity index (χ3v) is 7.29. The molecule has 0 saturated heterocycles. The highest BCUT2D eigenvalue weighted by molar-refractivity contribution is 9.11. The summed E-state index contributed by atoms with van der Waals surface area (Å²) in [4.78, 5) is 0. The van der Waals surface area contributed by atoms with Crippen molar-refractivity contribution in [3.8, 4) is 0 Å². The standard InChI is InChI=1S/C24H19BrS/c25-19-14-12-17(13-15-19)16-8-10-18(11-9-16)20-5-3-6-22-21-4-1-2-7-23(21)26-24(20)22/h1-8,10,12,14H,9,11,13,15H2. The molecule has 0 aliphatic heterocycles. The van der Waals surface area contributed by atoms with E-state index in [1.54, 1.807) is 0 Å². The van der Waals surface area contributed by atoms with Crippen LogP contribution in [0.2, 0.25) is 0 Å².